The molecule has 0 saturated heterocycles. The Hall–Kier alpha value is -7.89. The zero-order valence-corrected chi connectivity index (χ0v) is 40.9. The maximum Gasteiger partial charge on any atom is 0.137 e. The fourth-order valence-electron chi connectivity index (χ4n) is 10.6. The first kappa shape index (κ1) is 35.2. The van der Waals surface area contributed by atoms with E-state index < -0.39 is 6.37 Å². The molecule has 2 aliphatic rings. The van der Waals surface area contributed by atoms with E-state index in [1.165, 1.54) is 6.20 Å². The largest absolute Gasteiger partial charge is 0.457 e. The number of anilines is 4. The zero-order chi connectivity index (χ0) is 56.3. The van der Waals surface area contributed by atoms with Crippen molar-refractivity contribution in [3.63, 3.8) is 0 Å². The van der Waals surface area contributed by atoms with Gasteiger partial charge in [-0.3, -0.25) is 4.57 Å². The van der Waals surface area contributed by atoms with Crippen molar-refractivity contribution in [3.05, 3.63) is 217 Å². The number of benzene rings is 8. The van der Waals surface area contributed by atoms with Gasteiger partial charge in [-0.15, -0.1) is 0 Å². The van der Waals surface area contributed by atoms with E-state index in [2.05, 4.69) is 97.1 Å². The molecule has 0 radical (unpaired) electrons. The second-order valence-corrected chi connectivity index (χ2v) is 20.4. The van der Waals surface area contributed by atoms with Crippen LogP contribution < -0.4 is 14.5 Å². The minimum absolute atomic E-state index is 0.0462. The van der Waals surface area contributed by atoms with Crippen LogP contribution in [0.1, 0.15) is 83.4 Å². The van der Waals surface area contributed by atoms with Crippen molar-refractivity contribution < 1.29 is 17.1 Å². The molecule has 8 aromatic carbocycles. The number of fused-ring (bicyclic) bond motifs is 5. The van der Waals surface area contributed by atoms with E-state index >= 15 is 0 Å². The molecular weight excluding hydrogens is 865 g/mol. The molecule has 0 fully saturated rings. The average Bonchev–Trinajstić information content (AvgIpc) is 4.16. The maximum absolute atomic E-state index is 10.2. The summed E-state index contributed by atoms with van der Waals surface area (Å²) in [6, 6.07) is 49.0. The average molecular weight is 934 g/mol. The molecule has 0 spiro atoms. The number of para-hydroxylation sites is 4. The Morgan fingerprint density at radius 2 is 1.28 bits per heavy atom. The van der Waals surface area contributed by atoms with Crippen molar-refractivity contribution in [2.75, 3.05) is 16.5 Å². The maximum atomic E-state index is 10.2. The molecule has 3 heterocycles. The SMILES string of the molecule is [2H]c1c([2H])c2c(c([2H])c1-c1cccc(-c3cccc(-c4ccccc4)c3)c1N1CN(c3cccc(Oc4ccc5c6c([2H])c([2H])c([2H])c([2H])c6n(-c6cc(C([2H])([2H])C(C)C)ccn6)c5c4)c3)c3ccccc31)C(C)(C)CCC2(C)C. The first-order chi connectivity index (χ1) is 38.2. The molecule has 0 saturated carbocycles. The summed E-state index contributed by atoms with van der Waals surface area (Å²) in [4.78, 5) is 9.15. The lowest BCUT2D eigenvalue weighted by atomic mass is 9.63. The van der Waals surface area contributed by atoms with Gasteiger partial charge in [0, 0.05) is 48.7 Å². The van der Waals surface area contributed by atoms with Gasteiger partial charge in [0.15, 0.2) is 0 Å². The highest BCUT2D eigenvalue weighted by Gasteiger charge is 2.38. The summed E-state index contributed by atoms with van der Waals surface area (Å²) in [7, 11) is 0. The van der Waals surface area contributed by atoms with Gasteiger partial charge in [-0.25, -0.2) is 4.98 Å². The van der Waals surface area contributed by atoms with Gasteiger partial charge in [0.2, 0.25) is 0 Å². The Labute approximate surface area is 431 Å². The molecule has 2 aromatic heterocycles. The Morgan fingerprint density at radius 3 is 2.10 bits per heavy atom. The van der Waals surface area contributed by atoms with Crippen LogP contribution in [0.2, 0.25) is 0 Å². The molecule has 5 nitrogen and oxygen atoms in total. The molecule has 1 aliphatic heterocycles. The van der Waals surface area contributed by atoms with Crippen LogP contribution in [0.4, 0.5) is 22.7 Å². The van der Waals surface area contributed by atoms with Gasteiger partial charge in [-0.1, -0.05) is 163 Å². The number of rotatable bonds is 10. The minimum Gasteiger partial charge on any atom is -0.457 e. The first-order valence-corrected chi connectivity index (χ1v) is 24.6. The Morgan fingerprint density at radius 1 is 0.592 bits per heavy atom. The molecule has 0 amide bonds. The van der Waals surface area contributed by atoms with E-state index in [0.29, 0.717) is 63.0 Å². The second-order valence-electron chi connectivity index (χ2n) is 20.4. The highest BCUT2D eigenvalue weighted by molar-refractivity contribution is 6.09. The number of aromatic nitrogens is 2. The van der Waals surface area contributed by atoms with Crippen molar-refractivity contribution in [2.24, 2.45) is 5.92 Å². The lowest BCUT2D eigenvalue weighted by Gasteiger charge is -2.42. The summed E-state index contributed by atoms with van der Waals surface area (Å²) in [5.41, 5.74) is 10.7. The van der Waals surface area contributed by atoms with Crippen molar-refractivity contribution in [3.8, 4) is 50.7 Å². The Bertz CT molecular complexity index is 4150. The van der Waals surface area contributed by atoms with Gasteiger partial charge in [0.05, 0.1) is 37.7 Å². The van der Waals surface area contributed by atoms with Crippen LogP contribution in [0.25, 0.3) is 61.0 Å². The zero-order valence-electron chi connectivity index (χ0n) is 49.9. The normalized spacial score (nSPS) is 16.8. The summed E-state index contributed by atoms with van der Waals surface area (Å²) in [5.74, 6) is 0.905. The van der Waals surface area contributed by atoms with E-state index in [0.717, 1.165) is 69.0 Å². The lowest BCUT2D eigenvalue weighted by molar-refractivity contribution is 0.332. The topological polar surface area (TPSA) is 33.5 Å². The minimum atomic E-state index is -1.71. The fraction of sp³-hybridized carbons (Fsp3) is 0.197. The van der Waals surface area contributed by atoms with Crippen LogP contribution >= 0.6 is 0 Å². The van der Waals surface area contributed by atoms with Gasteiger partial charge >= 0.3 is 0 Å². The molecular formula is C66H60N4O. The number of hydrogen-bond acceptors (Lipinski definition) is 4. The summed E-state index contributed by atoms with van der Waals surface area (Å²) < 4.78 is 91.4. The van der Waals surface area contributed by atoms with E-state index in [9.17, 15) is 4.11 Å². The molecule has 10 aromatic rings. The summed E-state index contributed by atoms with van der Waals surface area (Å²) >= 11 is 0. The molecule has 12 rings (SSSR count). The second kappa shape index (κ2) is 17.5. The molecule has 350 valence electrons. The third-order valence-electron chi connectivity index (χ3n) is 14.3. The predicted octanol–water partition coefficient (Wildman–Crippen LogP) is 17.8. The molecule has 0 bridgehead atoms. The summed E-state index contributed by atoms with van der Waals surface area (Å²) in [6.07, 6.45) is 1.54. The fourth-order valence-corrected chi connectivity index (χ4v) is 10.6. The predicted molar refractivity (Wildman–Crippen MR) is 297 cm³/mol. The highest BCUT2D eigenvalue weighted by atomic mass is 16.5. The first-order valence-electron chi connectivity index (χ1n) is 29.1. The summed E-state index contributed by atoms with van der Waals surface area (Å²) in [6.45, 7) is 12.6. The number of nitrogens with zero attached hydrogens (tertiary/aromatic N) is 4. The van der Waals surface area contributed by atoms with E-state index in [4.69, 9.17) is 13.0 Å². The quantitative estimate of drug-likeness (QED) is 0.137. The van der Waals surface area contributed by atoms with Crippen molar-refractivity contribution >= 4 is 44.6 Å². The van der Waals surface area contributed by atoms with Crippen molar-refractivity contribution in [2.45, 2.75) is 71.6 Å². The Kier molecular flexibility index (Phi) is 8.69. The van der Waals surface area contributed by atoms with Gasteiger partial charge < -0.3 is 14.5 Å². The van der Waals surface area contributed by atoms with Crippen LogP contribution in [0.3, 0.4) is 0 Å². The van der Waals surface area contributed by atoms with Gasteiger partial charge in [0.25, 0.3) is 0 Å². The molecule has 1 aliphatic carbocycles. The third-order valence-corrected chi connectivity index (χ3v) is 14.3. The standard InChI is InChI=1S/C66H60N4O/c1-44(2)37-45-33-36-67-63(38-45)70-59-26-11-10-23-55(59)56-31-30-52(42-62(56)70)71-51-22-15-21-50(41-51)68-43-69(61-28-13-12-27-60(61)68)64-53(48-20-14-19-47(39-48)46-17-8-7-9-18-46)24-16-25-54(64)49-29-32-57-58(40-49)66(5,6)35-34-65(57,3)4/h7-33,36,38-42,44H,34-35,37,43H2,1-6H3/i10D,11D,23D,26D,29D,32D,37D2,40D. The number of hydrogen-bond donors (Lipinski definition) is 0. The van der Waals surface area contributed by atoms with Gasteiger partial charge in [-0.2, -0.15) is 0 Å². The summed E-state index contributed by atoms with van der Waals surface area (Å²) in [5, 5.41) is 0.881. The van der Waals surface area contributed by atoms with Crippen LogP contribution in [-0.4, -0.2) is 16.2 Å². The van der Waals surface area contributed by atoms with Crippen LogP contribution in [-0.2, 0) is 17.2 Å². The monoisotopic (exact) mass is 934 g/mol. The highest BCUT2D eigenvalue weighted by Crippen LogP contribution is 2.53. The lowest BCUT2D eigenvalue weighted by Crippen LogP contribution is -2.33. The van der Waals surface area contributed by atoms with Crippen molar-refractivity contribution in [1.82, 2.24) is 9.55 Å². The van der Waals surface area contributed by atoms with Gasteiger partial charge in [0.1, 0.15) is 24.0 Å². The van der Waals surface area contributed by atoms with Crippen LogP contribution in [0.15, 0.2) is 200 Å². The third kappa shape index (κ3) is 8.04. The van der Waals surface area contributed by atoms with Crippen LogP contribution in [0, 0.1) is 5.92 Å². The molecule has 0 N–H and O–H groups in total. The van der Waals surface area contributed by atoms with Crippen molar-refractivity contribution in [1.29, 1.82) is 0 Å². The molecule has 71 heavy (non-hydrogen) atoms. The van der Waals surface area contributed by atoms with E-state index in [1.54, 1.807) is 34.9 Å². The van der Waals surface area contributed by atoms with E-state index in [1.807, 2.05) is 80.6 Å². The smallest absolute Gasteiger partial charge is 0.137 e. The molecule has 0 atom stereocenters. The Balaban J connectivity index is 0.987. The number of pyridine rings is 1. The van der Waals surface area contributed by atoms with E-state index in [-0.39, 0.29) is 58.5 Å². The van der Waals surface area contributed by atoms with Gasteiger partial charge in [-0.05, 0) is 136 Å². The molecule has 5 heteroatoms. The van der Waals surface area contributed by atoms with Crippen LogP contribution in [0.5, 0.6) is 11.5 Å². The molecule has 0 unspecified atom stereocenters. The number of ether oxygens (including phenoxy) is 1.